The molecule has 0 radical (unpaired) electrons. The number of benzene rings is 1. The molecule has 1 aromatic carbocycles. The van der Waals surface area contributed by atoms with Crippen molar-refractivity contribution in [3.63, 3.8) is 0 Å². The fourth-order valence-electron chi connectivity index (χ4n) is 1.10. The maximum Gasteiger partial charge on any atom is 0.182 e. The normalized spacial score (nSPS) is 12.6. The predicted octanol–water partition coefficient (Wildman–Crippen LogP) is 2.13. The second-order valence-electron chi connectivity index (χ2n) is 4.56. The zero-order valence-corrected chi connectivity index (χ0v) is 10.0. The lowest BCUT2D eigenvalue weighted by molar-refractivity contribution is -0.530. The van der Waals surface area contributed by atoms with Crippen molar-refractivity contribution < 1.29 is 14.6 Å². The third-order valence-corrected chi connectivity index (χ3v) is 2.13. The highest BCUT2D eigenvalue weighted by atomic mass is 16.5. The summed E-state index contributed by atoms with van der Waals surface area (Å²) in [7, 11) is 1.47. The lowest BCUT2D eigenvalue weighted by Crippen LogP contribution is -2.29. The number of ether oxygens (including phenoxy) is 1. The Morgan fingerprint density at radius 3 is 2.50 bits per heavy atom. The molecule has 0 heterocycles. The Morgan fingerprint density at radius 1 is 1.38 bits per heavy atom. The number of phenols is 1. The van der Waals surface area contributed by atoms with Crippen LogP contribution in [0.5, 0.6) is 11.5 Å². The minimum absolute atomic E-state index is 0.0628. The number of rotatable bonds is 2. The number of phenolic OH excluding ortho intramolecular Hbond substituents is 1. The molecule has 1 aromatic rings. The van der Waals surface area contributed by atoms with Crippen LogP contribution in [0.4, 0.5) is 0 Å². The number of hydrogen-bond acceptors (Lipinski definition) is 3. The highest BCUT2D eigenvalue weighted by Gasteiger charge is 2.18. The van der Waals surface area contributed by atoms with Crippen molar-refractivity contribution in [3.8, 4) is 11.5 Å². The van der Waals surface area contributed by atoms with E-state index in [1.807, 2.05) is 20.8 Å². The van der Waals surface area contributed by atoms with E-state index in [9.17, 15) is 10.3 Å². The Labute approximate surface area is 95.4 Å². The number of methoxy groups -OCH3 is 1. The highest BCUT2D eigenvalue weighted by Crippen LogP contribution is 2.25. The summed E-state index contributed by atoms with van der Waals surface area (Å²) in [4.78, 5) is 0. The van der Waals surface area contributed by atoms with Crippen LogP contribution in [0.15, 0.2) is 18.2 Å². The monoisotopic (exact) mass is 223 g/mol. The van der Waals surface area contributed by atoms with Gasteiger partial charge in [-0.2, -0.15) is 0 Å². The van der Waals surface area contributed by atoms with Crippen LogP contribution in [0.3, 0.4) is 0 Å². The summed E-state index contributed by atoms with van der Waals surface area (Å²) in [6, 6.07) is 4.78. The van der Waals surface area contributed by atoms with Crippen LogP contribution in [-0.2, 0) is 0 Å². The number of nitrogens with zero attached hydrogens (tertiary/aromatic N) is 1. The predicted molar refractivity (Wildman–Crippen MR) is 63.2 cm³/mol. The molecule has 1 rings (SSSR count). The minimum atomic E-state index is -0.481. The molecule has 0 saturated heterocycles. The van der Waals surface area contributed by atoms with Crippen LogP contribution in [0.25, 0.3) is 0 Å². The molecule has 0 aliphatic rings. The molecule has 4 heteroatoms. The number of hydrogen-bond donors (Lipinski definition) is 1. The molecule has 0 atom stereocenters. The Hall–Kier alpha value is -1.71. The molecule has 0 bridgehead atoms. The minimum Gasteiger partial charge on any atom is -0.623 e. The van der Waals surface area contributed by atoms with Gasteiger partial charge in [0.05, 0.1) is 7.11 Å². The Bertz CT molecular complexity index is 405. The third kappa shape index (κ3) is 2.89. The van der Waals surface area contributed by atoms with Crippen LogP contribution in [0.2, 0.25) is 0 Å². The van der Waals surface area contributed by atoms with E-state index in [1.165, 1.54) is 19.4 Å². The van der Waals surface area contributed by atoms with Gasteiger partial charge < -0.3 is 15.1 Å². The SMILES string of the molecule is COc1cc(/C=[N+](\[O-])C(C)(C)C)ccc1O. The molecular weight excluding hydrogens is 206 g/mol. The van der Waals surface area contributed by atoms with E-state index in [0.717, 1.165) is 4.74 Å². The second kappa shape index (κ2) is 4.43. The van der Waals surface area contributed by atoms with E-state index in [4.69, 9.17) is 4.74 Å². The molecule has 0 amide bonds. The van der Waals surface area contributed by atoms with Crippen LogP contribution >= 0.6 is 0 Å². The van der Waals surface area contributed by atoms with E-state index in [1.54, 1.807) is 12.1 Å². The standard InChI is InChI=1S/C12H17NO3/c1-12(2,3)13(15)8-9-5-6-10(14)11(7-9)16-4/h5-8,14H,1-4H3/b13-8-. The summed E-state index contributed by atoms with van der Waals surface area (Å²) in [5.74, 6) is 0.420. The molecule has 0 aliphatic carbocycles. The molecule has 0 aromatic heterocycles. The van der Waals surface area contributed by atoms with E-state index in [0.29, 0.717) is 11.3 Å². The molecule has 88 valence electrons. The van der Waals surface area contributed by atoms with Gasteiger partial charge in [-0.1, -0.05) is 0 Å². The zero-order valence-electron chi connectivity index (χ0n) is 10.0. The first-order chi connectivity index (χ1) is 7.34. The van der Waals surface area contributed by atoms with E-state index in [2.05, 4.69) is 0 Å². The molecule has 0 saturated carbocycles. The Balaban J connectivity index is 3.07. The van der Waals surface area contributed by atoms with E-state index >= 15 is 0 Å². The summed E-state index contributed by atoms with van der Waals surface area (Å²) < 4.78 is 5.84. The lowest BCUT2D eigenvalue weighted by atomic mass is 10.1. The molecule has 0 fully saturated rings. The van der Waals surface area contributed by atoms with Gasteiger partial charge in [0.15, 0.2) is 23.3 Å². The molecule has 16 heavy (non-hydrogen) atoms. The van der Waals surface area contributed by atoms with Gasteiger partial charge in [-0.25, -0.2) is 4.74 Å². The number of aromatic hydroxyl groups is 1. The van der Waals surface area contributed by atoms with Crippen molar-refractivity contribution in [2.75, 3.05) is 7.11 Å². The highest BCUT2D eigenvalue weighted by molar-refractivity contribution is 5.77. The first-order valence-corrected chi connectivity index (χ1v) is 5.03. The topological polar surface area (TPSA) is 55.5 Å². The molecule has 4 nitrogen and oxygen atoms in total. The van der Waals surface area contributed by atoms with Crippen LogP contribution in [0.1, 0.15) is 26.3 Å². The molecular formula is C12H17NO3. The Morgan fingerprint density at radius 2 is 2.00 bits per heavy atom. The van der Waals surface area contributed by atoms with Gasteiger partial charge in [0.25, 0.3) is 0 Å². The van der Waals surface area contributed by atoms with Crippen molar-refractivity contribution in [3.05, 3.63) is 29.0 Å². The summed E-state index contributed by atoms with van der Waals surface area (Å²) in [6.07, 6.45) is 1.47. The molecule has 0 unspecified atom stereocenters. The third-order valence-electron chi connectivity index (χ3n) is 2.13. The fraction of sp³-hybridized carbons (Fsp3) is 0.417. The summed E-state index contributed by atoms with van der Waals surface area (Å²) in [6.45, 7) is 5.48. The van der Waals surface area contributed by atoms with Gasteiger partial charge in [-0.15, -0.1) is 0 Å². The van der Waals surface area contributed by atoms with Gasteiger partial charge in [0.2, 0.25) is 0 Å². The molecule has 0 aliphatic heterocycles. The van der Waals surface area contributed by atoms with Gasteiger partial charge in [0.1, 0.15) is 0 Å². The summed E-state index contributed by atoms with van der Waals surface area (Å²) in [5, 5.41) is 21.1. The number of hydroxylamine groups is 1. The molecule has 1 N–H and O–H groups in total. The molecule has 0 spiro atoms. The van der Waals surface area contributed by atoms with Crippen LogP contribution < -0.4 is 4.74 Å². The van der Waals surface area contributed by atoms with Crippen LogP contribution in [-0.4, -0.2) is 28.7 Å². The lowest BCUT2D eigenvalue weighted by Gasteiger charge is -2.18. The van der Waals surface area contributed by atoms with Crippen LogP contribution in [0, 0.1) is 5.21 Å². The van der Waals surface area contributed by atoms with E-state index < -0.39 is 5.54 Å². The summed E-state index contributed by atoms with van der Waals surface area (Å²) >= 11 is 0. The van der Waals surface area contributed by atoms with Crippen molar-refractivity contribution in [1.29, 1.82) is 0 Å². The Kier molecular flexibility index (Phi) is 3.42. The maximum absolute atomic E-state index is 11.7. The largest absolute Gasteiger partial charge is 0.623 e. The van der Waals surface area contributed by atoms with Crippen molar-refractivity contribution in [2.24, 2.45) is 0 Å². The van der Waals surface area contributed by atoms with Crippen molar-refractivity contribution in [2.45, 2.75) is 26.3 Å². The quantitative estimate of drug-likeness (QED) is 0.361. The second-order valence-corrected chi connectivity index (χ2v) is 4.56. The van der Waals surface area contributed by atoms with Gasteiger partial charge in [-0.05, 0) is 18.2 Å². The first-order valence-electron chi connectivity index (χ1n) is 5.03. The van der Waals surface area contributed by atoms with E-state index in [-0.39, 0.29) is 5.75 Å². The van der Waals surface area contributed by atoms with Gasteiger partial charge in [0, 0.05) is 26.3 Å². The van der Waals surface area contributed by atoms with Gasteiger partial charge in [-0.3, -0.25) is 0 Å². The van der Waals surface area contributed by atoms with Gasteiger partial charge >= 0.3 is 0 Å². The maximum atomic E-state index is 11.7. The zero-order chi connectivity index (χ0) is 12.3. The average Bonchev–Trinajstić information content (AvgIpc) is 2.19. The summed E-state index contributed by atoms with van der Waals surface area (Å²) in [5.41, 5.74) is 0.213. The average molecular weight is 223 g/mol. The van der Waals surface area contributed by atoms with Crippen molar-refractivity contribution in [1.82, 2.24) is 0 Å². The van der Waals surface area contributed by atoms with Crippen molar-refractivity contribution >= 4 is 6.21 Å². The first kappa shape index (κ1) is 12.4. The smallest absolute Gasteiger partial charge is 0.182 e. The fourth-order valence-corrected chi connectivity index (χ4v) is 1.10.